The Kier molecular flexibility index (Phi) is 3.49. The Hall–Kier alpha value is -2.02. The standard InChI is InChI=1S/C16H14N4S2/c17-12(15-10-5-1-3-7-13(10)21-19-15)9-18-16-11-6-2-4-8-14(11)22-20-16/h1-8,12H,9,17H2,(H,18,20). The molecule has 6 heteroatoms. The average Bonchev–Trinajstić information content (AvgIpc) is 3.17. The minimum atomic E-state index is -0.156. The quantitative estimate of drug-likeness (QED) is 0.594. The van der Waals surface area contributed by atoms with Gasteiger partial charge in [-0.1, -0.05) is 30.3 Å². The van der Waals surface area contributed by atoms with Crippen LogP contribution >= 0.6 is 23.1 Å². The second kappa shape index (κ2) is 5.64. The molecule has 0 aliphatic heterocycles. The van der Waals surface area contributed by atoms with Gasteiger partial charge in [-0.3, -0.25) is 0 Å². The van der Waals surface area contributed by atoms with Crippen LogP contribution in [0.25, 0.3) is 20.2 Å². The Morgan fingerprint density at radius 2 is 1.55 bits per heavy atom. The van der Waals surface area contributed by atoms with Gasteiger partial charge in [-0.05, 0) is 41.3 Å². The molecule has 3 N–H and O–H groups in total. The fourth-order valence-electron chi connectivity index (χ4n) is 2.49. The Morgan fingerprint density at radius 3 is 2.36 bits per heavy atom. The molecule has 0 saturated carbocycles. The highest BCUT2D eigenvalue weighted by Crippen LogP contribution is 2.28. The van der Waals surface area contributed by atoms with Crippen molar-refractivity contribution in [2.45, 2.75) is 6.04 Å². The largest absolute Gasteiger partial charge is 0.367 e. The van der Waals surface area contributed by atoms with E-state index in [4.69, 9.17) is 5.73 Å². The number of nitrogens with zero attached hydrogens (tertiary/aromatic N) is 2. The fraction of sp³-hybridized carbons (Fsp3) is 0.125. The lowest BCUT2D eigenvalue weighted by molar-refractivity contribution is 0.752. The summed E-state index contributed by atoms with van der Waals surface area (Å²) < 4.78 is 11.3. The lowest BCUT2D eigenvalue weighted by atomic mass is 10.1. The summed E-state index contributed by atoms with van der Waals surface area (Å²) in [5, 5.41) is 5.64. The molecule has 110 valence electrons. The maximum absolute atomic E-state index is 6.32. The summed E-state index contributed by atoms with van der Waals surface area (Å²) in [5.41, 5.74) is 7.27. The molecule has 0 saturated heterocycles. The van der Waals surface area contributed by atoms with Crippen LogP contribution in [0.5, 0.6) is 0 Å². The maximum Gasteiger partial charge on any atom is 0.147 e. The van der Waals surface area contributed by atoms with Gasteiger partial charge in [-0.2, -0.15) is 8.75 Å². The molecular formula is C16H14N4S2. The van der Waals surface area contributed by atoms with E-state index in [0.29, 0.717) is 6.54 Å². The van der Waals surface area contributed by atoms with Crippen molar-refractivity contribution in [1.82, 2.24) is 8.75 Å². The predicted molar refractivity (Wildman–Crippen MR) is 94.7 cm³/mol. The van der Waals surface area contributed by atoms with Crippen LogP contribution in [0.15, 0.2) is 48.5 Å². The fourth-order valence-corrected chi connectivity index (χ4v) is 4.09. The zero-order valence-corrected chi connectivity index (χ0v) is 13.3. The SMILES string of the molecule is NC(CNc1nsc2ccccc12)c1nsc2ccccc12. The molecule has 0 aliphatic carbocycles. The lowest BCUT2D eigenvalue weighted by Gasteiger charge is -2.11. The molecule has 4 nitrogen and oxygen atoms in total. The summed E-state index contributed by atoms with van der Waals surface area (Å²) in [6, 6.07) is 16.2. The molecule has 4 rings (SSSR count). The number of fused-ring (bicyclic) bond motifs is 2. The monoisotopic (exact) mass is 326 g/mol. The first-order valence-corrected chi connectivity index (χ1v) is 8.56. The van der Waals surface area contributed by atoms with Gasteiger partial charge < -0.3 is 11.1 Å². The Bertz CT molecular complexity index is 928. The van der Waals surface area contributed by atoms with Crippen molar-refractivity contribution >= 4 is 49.1 Å². The molecule has 0 radical (unpaired) electrons. The Morgan fingerprint density at radius 1 is 0.909 bits per heavy atom. The van der Waals surface area contributed by atoms with Gasteiger partial charge in [0.2, 0.25) is 0 Å². The molecule has 22 heavy (non-hydrogen) atoms. The van der Waals surface area contributed by atoms with Crippen molar-refractivity contribution in [2.24, 2.45) is 5.73 Å². The summed E-state index contributed by atoms with van der Waals surface area (Å²) in [7, 11) is 0. The number of benzene rings is 2. The van der Waals surface area contributed by atoms with E-state index < -0.39 is 0 Å². The topological polar surface area (TPSA) is 63.8 Å². The number of rotatable bonds is 4. The number of hydrogen-bond acceptors (Lipinski definition) is 6. The second-order valence-corrected chi connectivity index (χ2v) is 6.69. The van der Waals surface area contributed by atoms with Crippen molar-refractivity contribution < 1.29 is 0 Å². The van der Waals surface area contributed by atoms with Gasteiger partial charge in [0.25, 0.3) is 0 Å². The van der Waals surface area contributed by atoms with Crippen LogP contribution in [0.1, 0.15) is 11.7 Å². The maximum atomic E-state index is 6.32. The van der Waals surface area contributed by atoms with Crippen molar-refractivity contribution in [3.05, 3.63) is 54.2 Å². The first-order chi connectivity index (χ1) is 10.8. The van der Waals surface area contributed by atoms with Gasteiger partial charge >= 0.3 is 0 Å². The summed E-state index contributed by atoms with van der Waals surface area (Å²) >= 11 is 3.00. The number of aromatic nitrogens is 2. The van der Waals surface area contributed by atoms with Crippen LogP contribution in [0.4, 0.5) is 5.82 Å². The predicted octanol–water partition coefficient (Wildman–Crippen LogP) is 4.02. The van der Waals surface area contributed by atoms with Gasteiger partial charge in [-0.25, -0.2) is 0 Å². The van der Waals surface area contributed by atoms with Crippen LogP contribution in [0.2, 0.25) is 0 Å². The van der Waals surface area contributed by atoms with E-state index in [1.165, 1.54) is 32.5 Å². The molecule has 0 amide bonds. The molecule has 2 aromatic heterocycles. The average molecular weight is 326 g/mol. The highest BCUT2D eigenvalue weighted by atomic mass is 32.1. The van der Waals surface area contributed by atoms with E-state index in [1.54, 1.807) is 0 Å². The Labute approximate surface area is 135 Å². The lowest BCUT2D eigenvalue weighted by Crippen LogP contribution is -2.21. The van der Waals surface area contributed by atoms with Crippen molar-refractivity contribution in [1.29, 1.82) is 0 Å². The highest BCUT2D eigenvalue weighted by molar-refractivity contribution is 7.13. The summed E-state index contributed by atoms with van der Waals surface area (Å²) in [4.78, 5) is 0. The number of hydrogen-bond donors (Lipinski definition) is 2. The molecular weight excluding hydrogens is 312 g/mol. The summed E-state index contributed by atoms with van der Waals surface area (Å²) in [5.74, 6) is 0.899. The van der Waals surface area contributed by atoms with Crippen LogP contribution in [-0.2, 0) is 0 Å². The van der Waals surface area contributed by atoms with Crippen LogP contribution in [0, 0.1) is 0 Å². The molecule has 2 aromatic carbocycles. The van der Waals surface area contributed by atoms with Gasteiger partial charge in [0.1, 0.15) is 5.82 Å². The van der Waals surface area contributed by atoms with Crippen molar-refractivity contribution in [2.75, 3.05) is 11.9 Å². The zero-order chi connectivity index (χ0) is 14.9. The molecule has 0 spiro atoms. The van der Waals surface area contributed by atoms with Crippen molar-refractivity contribution in [3.63, 3.8) is 0 Å². The minimum absolute atomic E-state index is 0.156. The number of nitrogens with one attached hydrogen (secondary N) is 1. The normalized spacial score (nSPS) is 12.8. The number of nitrogens with two attached hydrogens (primary N) is 1. The molecule has 0 bridgehead atoms. The molecule has 2 heterocycles. The van der Waals surface area contributed by atoms with Gasteiger partial charge in [0.15, 0.2) is 0 Å². The molecule has 0 fully saturated rings. The van der Waals surface area contributed by atoms with E-state index in [-0.39, 0.29) is 6.04 Å². The molecule has 1 unspecified atom stereocenters. The van der Waals surface area contributed by atoms with Crippen LogP contribution < -0.4 is 11.1 Å². The molecule has 4 aromatic rings. The smallest absolute Gasteiger partial charge is 0.147 e. The third-order valence-electron chi connectivity index (χ3n) is 3.62. The van der Waals surface area contributed by atoms with Crippen molar-refractivity contribution in [3.8, 4) is 0 Å². The van der Waals surface area contributed by atoms with Crippen LogP contribution in [-0.4, -0.2) is 15.3 Å². The zero-order valence-electron chi connectivity index (χ0n) is 11.7. The number of anilines is 1. The minimum Gasteiger partial charge on any atom is -0.367 e. The third kappa shape index (κ3) is 2.35. The van der Waals surface area contributed by atoms with Gasteiger partial charge in [-0.15, -0.1) is 0 Å². The van der Waals surface area contributed by atoms with Gasteiger partial charge in [0.05, 0.1) is 21.1 Å². The first kappa shape index (κ1) is 13.6. The van der Waals surface area contributed by atoms with Gasteiger partial charge in [0, 0.05) is 17.3 Å². The highest BCUT2D eigenvalue weighted by Gasteiger charge is 2.14. The van der Waals surface area contributed by atoms with E-state index in [0.717, 1.165) is 22.3 Å². The third-order valence-corrected chi connectivity index (χ3v) is 5.29. The molecule has 1 atom stereocenters. The van der Waals surface area contributed by atoms with E-state index in [1.807, 2.05) is 24.3 Å². The van der Waals surface area contributed by atoms with E-state index in [2.05, 4.69) is 38.3 Å². The summed E-state index contributed by atoms with van der Waals surface area (Å²) in [6.45, 7) is 0.613. The van der Waals surface area contributed by atoms with E-state index in [9.17, 15) is 0 Å². The summed E-state index contributed by atoms with van der Waals surface area (Å²) in [6.07, 6.45) is 0. The van der Waals surface area contributed by atoms with Crippen LogP contribution in [0.3, 0.4) is 0 Å². The Balaban J connectivity index is 1.56. The molecule has 0 aliphatic rings. The first-order valence-electron chi connectivity index (χ1n) is 7.01. The second-order valence-electron chi connectivity index (χ2n) is 5.08. The van der Waals surface area contributed by atoms with E-state index >= 15 is 0 Å².